The smallest absolute Gasteiger partial charge is 0.271 e. The molecule has 0 aliphatic carbocycles. The van der Waals surface area contributed by atoms with Crippen LogP contribution in [0.5, 0.6) is 5.88 Å². The molecule has 0 N–H and O–H groups in total. The van der Waals surface area contributed by atoms with Crippen molar-refractivity contribution in [1.82, 2.24) is 13.6 Å². The number of ether oxygens (including phenoxy) is 1. The predicted molar refractivity (Wildman–Crippen MR) is 105 cm³/mol. The Morgan fingerprint density at radius 1 is 0.926 bits per heavy atom. The molecule has 2 heterocycles. The normalized spacial score (nSPS) is 15.1. The highest BCUT2D eigenvalue weighted by Crippen LogP contribution is 2.27. The fraction of sp³-hybridized carbons (Fsp3) is 0.300. The highest BCUT2D eigenvalue weighted by molar-refractivity contribution is 6.99. The first-order chi connectivity index (χ1) is 13.3. The number of anilines is 1. The fourth-order valence-electron chi connectivity index (χ4n) is 3.20. The monoisotopic (exact) mass is 384 g/mol. The Kier molecular flexibility index (Phi) is 5.60. The van der Waals surface area contributed by atoms with E-state index in [4.69, 9.17) is 4.74 Å². The molecule has 1 saturated heterocycles. The van der Waals surface area contributed by atoms with Crippen LogP contribution < -0.4 is 9.64 Å². The third-order valence-electron chi connectivity index (χ3n) is 4.63. The van der Waals surface area contributed by atoms with Gasteiger partial charge in [-0.15, -0.1) is 4.37 Å². The summed E-state index contributed by atoms with van der Waals surface area (Å²) in [6.45, 7) is 4.95. The largest absolute Gasteiger partial charge is 0.470 e. The quantitative estimate of drug-likeness (QED) is 0.650. The summed E-state index contributed by atoms with van der Waals surface area (Å²) in [5, 5.41) is 0. The van der Waals surface area contributed by atoms with E-state index >= 15 is 0 Å². The molecular formula is C20H21FN4OS. The van der Waals surface area contributed by atoms with Crippen molar-refractivity contribution in [2.45, 2.75) is 13.2 Å². The highest BCUT2D eigenvalue weighted by Gasteiger charge is 2.23. The van der Waals surface area contributed by atoms with E-state index in [0.29, 0.717) is 5.88 Å². The lowest BCUT2D eigenvalue weighted by atomic mass is 10.2. The van der Waals surface area contributed by atoms with Gasteiger partial charge in [0.25, 0.3) is 5.88 Å². The van der Waals surface area contributed by atoms with Crippen molar-refractivity contribution >= 4 is 17.5 Å². The number of benzene rings is 2. The Morgan fingerprint density at radius 3 is 2.48 bits per heavy atom. The standard InChI is InChI=1S/C20H21FN4OS/c21-18-8-4-7-17(13-18)15-26-20-19(22-27-23-20)25-11-9-24(10-12-25)14-16-5-2-1-3-6-16/h1-8,13H,9-12,14-15H2. The van der Waals surface area contributed by atoms with Gasteiger partial charge >= 0.3 is 0 Å². The average Bonchev–Trinajstić information content (AvgIpc) is 3.16. The minimum absolute atomic E-state index is 0.262. The van der Waals surface area contributed by atoms with Gasteiger partial charge in [-0.2, -0.15) is 4.37 Å². The van der Waals surface area contributed by atoms with Crippen LogP contribution in [0.4, 0.5) is 10.2 Å². The van der Waals surface area contributed by atoms with Crippen LogP contribution in [0.2, 0.25) is 0 Å². The molecular weight excluding hydrogens is 363 g/mol. The molecule has 0 saturated carbocycles. The minimum Gasteiger partial charge on any atom is -0.470 e. The Hall–Kier alpha value is -2.51. The molecule has 7 heteroatoms. The maximum Gasteiger partial charge on any atom is 0.271 e. The molecule has 1 aromatic heterocycles. The van der Waals surface area contributed by atoms with Crippen molar-refractivity contribution in [2.75, 3.05) is 31.1 Å². The van der Waals surface area contributed by atoms with Gasteiger partial charge < -0.3 is 9.64 Å². The third-order valence-corrected chi connectivity index (χ3v) is 5.13. The van der Waals surface area contributed by atoms with Crippen molar-refractivity contribution in [3.05, 3.63) is 71.5 Å². The van der Waals surface area contributed by atoms with Crippen LogP contribution in [0.25, 0.3) is 0 Å². The third kappa shape index (κ3) is 4.61. The summed E-state index contributed by atoms with van der Waals surface area (Å²) in [7, 11) is 0. The molecule has 140 valence electrons. The van der Waals surface area contributed by atoms with Gasteiger partial charge in [-0.05, 0) is 23.3 Å². The maximum absolute atomic E-state index is 13.3. The first-order valence-electron chi connectivity index (χ1n) is 8.99. The SMILES string of the molecule is Fc1cccc(COc2nsnc2N2CCN(Cc3ccccc3)CC2)c1. The minimum atomic E-state index is -0.262. The summed E-state index contributed by atoms with van der Waals surface area (Å²) in [5.41, 5.74) is 2.11. The number of hydrogen-bond acceptors (Lipinski definition) is 6. The van der Waals surface area contributed by atoms with Gasteiger partial charge in [0.2, 0.25) is 5.82 Å². The molecule has 0 amide bonds. The topological polar surface area (TPSA) is 41.5 Å². The lowest BCUT2D eigenvalue weighted by Crippen LogP contribution is -2.46. The van der Waals surface area contributed by atoms with Crippen LogP contribution in [0, 0.1) is 5.82 Å². The van der Waals surface area contributed by atoms with E-state index in [-0.39, 0.29) is 12.4 Å². The van der Waals surface area contributed by atoms with Gasteiger partial charge in [0, 0.05) is 32.7 Å². The molecule has 0 radical (unpaired) electrons. The molecule has 0 atom stereocenters. The number of halogens is 1. The van der Waals surface area contributed by atoms with Crippen molar-refractivity contribution < 1.29 is 9.13 Å². The van der Waals surface area contributed by atoms with E-state index in [1.807, 2.05) is 12.1 Å². The van der Waals surface area contributed by atoms with E-state index in [1.165, 1.54) is 17.7 Å². The van der Waals surface area contributed by atoms with Crippen LogP contribution in [0.15, 0.2) is 54.6 Å². The first-order valence-corrected chi connectivity index (χ1v) is 9.72. The zero-order chi connectivity index (χ0) is 18.5. The molecule has 0 unspecified atom stereocenters. The van der Waals surface area contributed by atoms with E-state index in [2.05, 4.69) is 42.8 Å². The lowest BCUT2D eigenvalue weighted by molar-refractivity contribution is 0.246. The molecule has 5 nitrogen and oxygen atoms in total. The van der Waals surface area contributed by atoms with E-state index < -0.39 is 0 Å². The van der Waals surface area contributed by atoms with Gasteiger partial charge in [0.05, 0.1) is 11.7 Å². The Labute approximate surface area is 162 Å². The Morgan fingerprint density at radius 2 is 1.70 bits per heavy atom. The average molecular weight is 384 g/mol. The molecule has 1 aliphatic heterocycles. The summed E-state index contributed by atoms with van der Waals surface area (Å²) in [6.07, 6.45) is 0. The summed E-state index contributed by atoms with van der Waals surface area (Å²) >= 11 is 1.15. The first kappa shape index (κ1) is 17.9. The zero-order valence-electron chi connectivity index (χ0n) is 14.9. The molecule has 1 aliphatic rings. The van der Waals surface area contributed by atoms with Crippen LogP contribution in [-0.2, 0) is 13.2 Å². The van der Waals surface area contributed by atoms with Crippen LogP contribution in [0.1, 0.15) is 11.1 Å². The molecule has 0 bridgehead atoms. The summed E-state index contributed by atoms with van der Waals surface area (Å²) in [4.78, 5) is 4.66. The Bertz CT molecular complexity index is 865. The van der Waals surface area contributed by atoms with Crippen LogP contribution in [-0.4, -0.2) is 39.8 Å². The van der Waals surface area contributed by atoms with Gasteiger partial charge in [-0.25, -0.2) is 4.39 Å². The summed E-state index contributed by atoms with van der Waals surface area (Å²) < 4.78 is 27.8. The molecule has 0 spiro atoms. The van der Waals surface area contributed by atoms with Gasteiger partial charge in [-0.1, -0.05) is 42.5 Å². The molecule has 1 fully saturated rings. The van der Waals surface area contributed by atoms with Gasteiger partial charge in [-0.3, -0.25) is 4.90 Å². The predicted octanol–water partition coefficient (Wildman–Crippen LogP) is 3.58. The second-order valence-electron chi connectivity index (χ2n) is 6.56. The Balaban J connectivity index is 1.33. The van der Waals surface area contributed by atoms with Gasteiger partial charge in [0.15, 0.2) is 0 Å². The highest BCUT2D eigenvalue weighted by atomic mass is 32.1. The summed E-state index contributed by atoms with van der Waals surface area (Å²) in [5.74, 6) is 1.05. The van der Waals surface area contributed by atoms with Crippen molar-refractivity contribution in [3.63, 3.8) is 0 Å². The molecule has 2 aromatic carbocycles. The van der Waals surface area contributed by atoms with Crippen molar-refractivity contribution in [3.8, 4) is 5.88 Å². The summed E-state index contributed by atoms with van der Waals surface area (Å²) in [6, 6.07) is 16.9. The second kappa shape index (κ2) is 8.45. The van der Waals surface area contributed by atoms with Crippen molar-refractivity contribution in [2.24, 2.45) is 0 Å². The number of rotatable bonds is 6. The molecule has 27 heavy (non-hydrogen) atoms. The number of nitrogens with zero attached hydrogens (tertiary/aromatic N) is 4. The van der Waals surface area contributed by atoms with E-state index in [9.17, 15) is 4.39 Å². The number of aromatic nitrogens is 2. The van der Waals surface area contributed by atoms with Crippen LogP contribution in [0.3, 0.4) is 0 Å². The van der Waals surface area contributed by atoms with E-state index in [0.717, 1.165) is 55.8 Å². The zero-order valence-corrected chi connectivity index (χ0v) is 15.7. The molecule has 4 rings (SSSR count). The van der Waals surface area contributed by atoms with Gasteiger partial charge in [0.1, 0.15) is 12.4 Å². The molecule has 3 aromatic rings. The van der Waals surface area contributed by atoms with Crippen LogP contribution >= 0.6 is 11.7 Å². The lowest BCUT2D eigenvalue weighted by Gasteiger charge is -2.34. The van der Waals surface area contributed by atoms with Crippen molar-refractivity contribution in [1.29, 1.82) is 0 Å². The fourth-order valence-corrected chi connectivity index (χ4v) is 3.72. The number of hydrogen-bond donors (Lipinski definition) is 0. The maximum atomic E-state index is 13.3. The number of piperazine rings is 1. The van der Waals surface area contributed by atoms with E-state index in [1.54, 1.807) is 6.07 Å². The second-order valence-corrected chi connectivity index (χ2v) is 7.09.